The number of carbonyl (C=O) groups is 3. The number of fused-ring (bicyclic) bond motifs is 4. The molecule has 11 heterocycles. The normalized spacial score (nSPS) is 13.3. The number of aromatic nitrogens is 17. The molecule has 0 radical (unpaired) electrons. The van der Waals surface area contributed by atoms with Crippen LogP contribution in [0.5, 0.6) is 0 Å². The second-order valence-electron chi connectivity index (χ2n) is 25.6. The van der Waals surface area contributed by atoms with Gasteiger partial charge in [-0.1, -0.05) is 96.0 Å². The fraction of sp³-hybridized carbons (Fsp3) is 0.143. The third-order valence-electron chi connectivity index (χ3n) is 18.2. The molecule has 9 aromatic heterocycles. The van der Waals surface area contributed by atoms with Crippen molar-refractivity contribution in [2.45, 2.75) is 13.1 Å². The summed E-state index contributed by atoms with van der Waals surface area (Å²) in [5.74, 6) is -2.99. The van der Waals surface area contributed by atoms with E-state index in [0.29, 0.717) is 53.5 Å². The summed E-state index contributed by atoms with van der Waals surface area (Å²) in [7, 11) is 2.12. The second-order valence-corrected chi connectivity index (χ2v) is 26.4. The van der Waals surface area contributed by atoms with Gasteiger partial charge in [-0.2, -0.15) is 20.4 Å². The molecule has 0 spiro atoms. The molecule has 0 unspecified atom stereocenters. The number of carbonyl (C=O) groups excluding carboxylic acids is 3. The fourth-order valence-corrected chi connectivity index (χ4v) is 13.2. The largest absolute Gasteiger partial charge is 0.379 e. The molecule has 2 aliphatic heterocycles. The van der Waals surface area contributed by atoms with Gasteiger partial charge >= 0.3 is 0 Å². The SMILES string of the molecule is CN1CCN(Cc2cccc3[nH]c(-c4[nH]ncc4NC(=O)c4c(F)cccc4F)nc23)CC1.O=C(Nc1cn[nH]c1-c1nc2c(CN3CCOCC3)cccc2[nH]1)c1c(F)cccc1F.O=C(Nc1cn[nH]c1-c1nc2ccccc2[nH]1)c1c(Cl)cccc1Cl.c1ccc(Nc2cn[nH]c2-c2nc3ccccc3[nH]2)nc1. The first-order chi connectivity index (χ1) is 54.1. The molecular formula is C77H66Cl2F4N24O4. The lowest BCUT2D eigenvalue weighted by molar-refractivity contribution is 0.0343. The lowest BCUT2D eigenvalue weighted by Gasteiger charge is -2.32. The van der Waals surface area contributed by atoms with E-state index in [2.05, 4.69) is 125 Å². The number of para-hydroxylation sites is 6. The summed E-state index contributed by atoms with van der Waals surface area (Å²) in [5, 5.41) is 39.1. The van der Waals surface area contributed by atoms with Crippen LogP contribution in [0.25, 0.3) is 90.2 Å². The lowest BCUT2D eigenvalue weighted by Crippen LogP contribution is -2.43. The number of nitrogens with one attached hydrogen (secondary N) is 12. The minimum atomic E-state index is -0.941. The molecule has 16 aromatic rings. The maximum Gasteiger partial charge on any atom is 0.261 e. The van der Waals surface area contributed by atoms with Crippen LogP contribution in [-0.2, 0) is 17.8 Å². The Bertz CT molecular complexity index is 5870. The Morgan fingerprint density at radius 3 is 1.25 bits per heavy atom. The summed E-state index contributed by atoms with van der Waals surface area (Å²) in [6, 6.07) is 44.6. The topological polar surface area (TPSA) is 361 Å². The Morgan fingerprint density at radius 2 is 0.802 bits per heavy atom. The molecule has 0 saturated carbocycles. The van der Waals surface area contributed by atoms with Crippen LogP contribution in [0.4, 0.5) is 46.1 Å². The van der Waals surface area contributed by atoms with E-state index in [1.54, 1.807) is 30.6 Å². The first-order valence-electron chi connectivity index (χ1n) is 34.8. The standard InChI is InChI=1S/C23H23F2N7O.C22H20F2N6O2.C17H11Cl2N5O.C15H12N6/c1-31-8-10-32(11-9-31)13-14-4-2-7-17-20(14)29-22(27-17)21-18(12-26-30-21)28-23(33)19-15(24)5-3-6-16(19)25;23-14-4-2-5-15(24)18(14)22(31)27-17-11-25-29-20(17)21-26-16-6-1-3-13(19(16)28-21)12-30-7-9-32-10-8-30;18-9-4-3-5-10(19)14(9)17(25)23-13-8-20-24-15(13)16-21-11-6-1-2-7-12(11)22-16;1-2-6-11-10(5-1)19-15(20-11)14-12(9-17-21-14)18-13-7-3-4-8-16-13/h2-7,12H,8-11,13H2,1H3,(H,26,30)(H,27,29)(H,28,33);1-6,11H,7-10,12H2,(H,25,29)(H,26,28)(H,27,31);1-8H,(H,20,24)(H,21,22)(H,23,25);1-9H,(H,16,18)(H,17,21)(H,19,20). The number of likely N-dealkylation sites (N-methyl/N-ethyl adjacent to an activating group) is 1. The maximum absolute atomic E-state index is 14.0. The van der Waals surface area contributed by atoms with Crippen molar-refractivity contribution in [1.29, 1.82) is 0 Å². The van der Waals surface area contributed by atoms with Crippen molar-refractivity contribution >= 4 is 114 Å². The summed E-state index contributed by atoms with van der Waals surface area (Å²) in [6.07, 6.45) is 7.71. The molecule has 0 atom stereocenters. The minimum Gasteiger partial charge on any atom is -0.379 e. The number of piperazine rings is 1. The van der Waals surface area contributed by atoms with Crippen LogP contribution in [-0.4, -0.2) is 178 Å². The van der Waals surface area contributed by atoms with E-state index in [-0.39, 0.29) is 27.0 Å². The van der Waals surface area contributed by atoms with Crippen LogP contribution in [0.2, 0.25) is 10.0 Å². The molecule has 2 saturated heterocycles. The molecular weight excluding hydrogens is 1470 g/mol. The fourth-order valence-electron chi connectivity index (χ4n) is 12.6. The highest BCUT2D eigenvalue weighted by atomic mass is 35.5. The quantitative estimate of drug-likeness (QED) is 0.0400. The zero-order chi connectivity index (χ0) is 76.5. The predicted molar refractivity (Wildman–Crippen MR) is 414 cm³/mol. The van der Waals surface area contributed by atoms with Gasteiger partial charge in [-0.25, -0.2) is 42.5 Å². The van der Waals surface area contributed by atoms with Crippen LogP contribution in [0.1, 0.15) is 42.2 Å². The number of ether oxygens (including phenoxy) is 1. The van der Waals surface area contributed by atoms with Gasteiger partial charge in [0.25, 0.3) is 17.7 Å². The number of hydrogen-bond donors (Lipinski definition) is 12. The summed E-state index contributed by atoms with van der Waals surface area (Å²) in [5.41, 5.74) is 12.0. The number of amides is 3. The summed E-state index contributed by atoms with van der Waals surface area (Å²) in [6.45, 7) is 8.71. The average molecular weight is 1540 g/mol. The molecule has 2 aliphatic rings. The van der Waals surface area contributed by atoms with Gasteiger partial charge in [-0.05, 0) is 103 Å². The van der Waals surface area contributed by atoms with Gasteiger partial charge in [0.2, 0.25) is 0 Å². The number of hydrogen-bond acceptors (Lipinski definition) is 17. The monoisotopic (exact) mass is 1540 g/mol. The molecule has 560 valence electrons. The number of pyridine rings is 1. The van der Waals surface area contributed by atoms with Gasteiger partial charge in [-0.15, -0.1) is 0 Å². The number of imidazole rings is 4. The van der Waals surface area contributed by atoms with Gasteiger partial charge in [-0.3, -0.25) is 44.6 Å². The smallest absolute Gasteiger partial charge is 0.261 e. The molecule has 28 nitrogen and oxygen atoms in total. The van der Waals surface area contributed by atoms with Crippen LogP contribution >= 0.6 is 23.2 Å². The highest BCUT2D eigenvalue weighted by Gasteiger charge is 2.26. The number of nitrogens with zero attached hydrogens (tertiary/aromatic N) is 12. The first kappa shape index (κ1) is 73.3. The molecule has 0 bridgehead atoms. The van der Waals surface area contributed by atoms with Crippen molar-refractivity contribution in [3.05, 3.63) is 250 Å². The highest BCUT2D eigenvalue weighted by Crippen LogP contribution is 2.34. The number of morpholine rings is 1. The third-order valence-corrected chi connectivity index (χ3v) is 18.8. The van der Waals surface area contributed by atoms with Gasteiger partial charge in [0.15, 0.2) is 23.3 Å². The Balaban J connectivity index is 0.000000119. The number of rotatable bonds is 16. The zero-order valence-corrected chi connectivity index (χ0v) is 60.2. The summed E-state index contributed by atoms with van der Waals surface area (Å²) < 4.78 is 61.4. The van der Waals surface area contributed by atoms with Gasteiger partial charge in [0, 0.05) is 58.6 Å². The number of H-pyrrole nitrogens is 8. The van der Waals surface area contributed by atoms with Crippen LogP contribution in [0, 0.1) is 23.3 Å². The lowest BCUT2D eigenvalue weighted by atomic mass is 10.1. The van der Waals surface area contributed by atoms with E-state index in [0.717, 1.165) is 155 Å². The molecule has 7 aromatic carbocycles. The van der Waals surface area contributed by atoms with Crippen molar-refractivity contribution in [3.8, 4) is 46.1 Å². The molecule has 111 heavy (non-hydrogen) atoms. The minimum absolute atomic E-state index is 0.211. The number of halogens is 6. The van der Waals surface area contributed by atoms with E-state index in [4.69, 9.17) is 37.9 Å². The van der Waals surface area contributed by atoms with Gasteiger partial charge in [0.05, 0.1) is 120 Å². The van der Waals surface area contributed by atoms with Crippen LogP contribution in [0.15, 0.2) is 189 Å². The zero-order valence-electron chi connectivity index (χ0n) is 58.7. The van der Waals surface area contributed by atoms with Gasteiger partial charge in [0.1, 0.15) is 63.0 Å². The van der Waals surface area contributed by atoms with Crippen LogP contribution in [0.3, 0.4) is 0 Å². The van der Waals surface area contributed by atoms with Crippen molar-refractivity contribution in [3.63, 3.8) is 0 Å². The van der Waals surface area contributed by atoms with Crippen LogP contribution < -0.4 is 21.3 Å². The van der Waals surface area contributed by atoms with Crippen molar-refractivity contribution < 1.29 is 36.7 Å². The molecule has 3 amide bonds. The van der Waals surface area contributed by atoms with E-state index in [9.17, 15) is 31.9 Å². The Hall–Kier alpha value is -13.2. The Labute approximate surface area is 637 Å². The molecule has 34 heteroatoms. The third kappa shape index (κ3) is 16.6. The van der Waals surface area contributed by atoms with Crippen molar-refractivity contribution in [2.24, 2.45) is 0 Å². The first-order valence-corrected chi connectivity index (χ1v) is 35.5. The molecule has 2 fully saturated rings. The van der Waals surface area contributed by atoms with E-state index < -0.39 is 52.1 Å². The Kier molecular flexibility index (Phi) is 21.8. The van der Waals surface area contributed by atoms with E-state index >= 15 is 0 Å². The second kappa shape index (κ2) is 33.1. The Morgan fingerprint density at radius 1 is 0.423 bits per heavy atom. The number of aromatic amines is 8. The summed E-state index contributed by atoms with van der Waals surface area (Å²) >= 11 is 12.2. The maximum atomic E-state index is 14.0. The highest BCUT2D eigenvalue weighted by molar-refractivity contribution is 6.40. The van der Waals surface area contributed by atoms with Gasteiger partial charge < -0.3 is 50.8 Å². The van der Waals surface area contributed by atoms with Crippen molar-refractivity contribution in [2.75, 3.05) is 80.8 Å². The molecule has 0 aliphatic carbocycles. The van der Waals surface area contributed by atoms with Crippen molar-refractivity contribution in [1.82, 2.24) is 100 Å². The molecule has 18 rings (SSSR count). The van der Waals surface area contributed by atoms with E-state index in [1.165, 1.54) is 30.7 Å². The summed E-state index contributed by atoms with van der Waals surface area (Å²) in [4.78, 5) is 80.3. The van der Waals surface area contributed by atoms with E-state index in [1.807, 2.05) is 97.1 Å². The molecule has 12 N–H and O–H groups in total. The average Bonchev–Trinajstić information content (AvgIpc) is 1.66. The number of anilines is 5. The number of benzene rings is 7. The predicted octanol–water partition coefficient (Wildman–Crippen LogP) is 14.2.